The van der Waals surface area contributed by atoms with E-state index < -0.39 is 26.1 Å². The average Bonchev–Trinajstić information content (AvgIpc) is 3.95. The molecule has 7 aromatic rings. The van der Waals surface area contributed by atoms with Crippen molar-refractivity contribution in [2.45, 2.75) is 42.2 Å². The van der Waals surface area contributed by atoms with Crippen LogP contribution in [0.25, 0.3) is 33.1 Å². The minimum absolute atomic E-state index is 0.115. The molecule has 3 fully saturated rings. The van der Waals surface area contributed by atoms with Crippen molar-refractivity contribution in [3.8, 4) is 17.0 Å². The summed E-state index contributed by atoms with van der Waals surface area (Å²) in [4.78, 5) is 55.9. The second-order valence-corrected chi connectivity index (χ2v) is 22.0. The van der Waals surface area contributed by atoms with Crippen molar-refractivity contribution in [2.24, 2.45) is 0 Å². The molecular formula is C55H56N8O10S2. The quantitative estimate of drug-likeness (QED) is 0.102. The topological polar surface area (TPSA) is 210 Å². The molecule has 5 aromatic carbocycles. The number of hydrogen-bond acceptors (Lipinski definition) is 13. The second-order valence-electron chi connectivity index (χ2n) is 18.6. The van der Waals surface area contributed by atoms with E-state index in [1.807, 2.05) is 17.0 Å². The average molecular weight is 1050 g/mol. The molecule has 2 N–H and O–H groups in total. The highest BCUT2D eigenvalue weighted by Gasteiger charge is 2.30. The summed E-state index contributed by atoms with van der Waals surface area (Å²) in [5, 5.41) is 1.04. The Morgan fingerprint density at radius 3 is 1.89 bits per heavy atom. The molecule has 0 unspecified atom stereocenters. The molecule has 388 valence electrons. The van der Waals surface area contributed by atoms with Gasteiger partial charge in [0.2, 0.25) is 0 Å². The van der Waals surface area contributed by atoms with E-state index in [1.54, 1.807) is 88.7 Å². The van der Waals surface area contributed by atoms with Crippen LogP contribution in [0.5, 0.6) is 5.75 Å². The predicted molar refractivity (Wildman–Crippen MR) is 284 cm³/mol. The van der Waals surface area contributed by atoms with Crippen LogP contribution in [0.2, 0.25) is 0 Å². The van der Waals surface area contributed by atoms with Crippen LogP contribution in [-0.4, -0.2) is 143 Å². The standard InChI is InChI=1S/C55H56N8O10S2/c1-2-32-72-46-19-8-38(9-20-46)36-60-24-26-61(27-25-60)53(64)40-12-17-45(18-13-40)59-75(69,70)50-35-43(34-42-6-4-23-56-51(42)50)48-21-14-39-5-3-7-49(52(39)57-48)74(67,68)58-44-15-10-41(11-16-44)54(65)62-28-30-63(31-29-62)55(66)73-47-22-33-71-37-47/h3-21,23,34-35,47,58-59H,2,22,24-33,36-37H2,1H3/t47-/m0/s1. The number of fused-ring (bicyclic) bond motifs is 2. The smallest absolute Gasteiger partial charge is 0.410 e. The molecule has 3 amide bonds. The minimum Gasteiger partial charge on any atom is -0.494 e. The van der Waals surface area contributed by atoms with Gasteiger partial charge in [-0.1, -0.05) is 43.3 Å². The van der Waals surface area contributed by atoms with Gasteiger partial charge in [-0.25, -0.2) is 26.6 Å². The van der Waals surface area contributed by atoms with Crippen LogP contribution in [0.1, 0.15) is 46.0 Å². The molecule has 20 heteroatoms. The number of benzene rings is 5. The van der Waals surface area contributed by atoms with Gasteiger partial charge < -0.3 is 28.9 Å². The van der Waals surface area contributed by atoms with Gasteiger partial charge in [0.15, 0.2) is 0 Å². The number of hydrogen-bond donors (Lipinski definition) is 2. The van der Waals surface area contributed by atoms with Crippen molar-refractivity contribution in [1.29, 1.82) is 0 Å². The van der Waals surface area contributed by atoms with Gasteiger partial charge in [0.05, 0.1) is 36.5 Å². The molecular weight excluding hydrogens is 997 g/mol. The minimum atomic E-state index is -4.30. The lowest BCUT2D eigenvalue weighted by Crippen LogP contribution is -2.51. The number of anilines is 2. The lowest BCUT2D eigenvalue weighted by atomic mass is 10.1. The van der Waals surface area contributed by atoms with E-state index in [-0.39, 0.29) is 50.1 Å². The number of nitrogens with one attached hydrogen (secondary N) is 2. The third-order valence-electron chi connectivity index (χ3n) is 13.4. The van der Waals surface area contributed by atoms with Crippen LogP contribution in [-0.2, 0) is 36.1 Å². The number of para-hydroxylation sites is 1. The number of nitrogens with zero attached hydrogens (tertiary/aromatic N) is 6. The summed E-state index contributed by atoms with van der Waals surface area (Å²) >= 11 is 0. The number of piperazine rings is 2. The highest BCUT2D eigenvalue weighted by molar-refractivity contribution is 7.93. The van der Waals surface area contributed by atoms with Gasteiger partial charge >= 0.3 is 6.09 Å². The molecule has 0 spiro atoms. The SMILES string of the molecule is CCCOc1ccc(CN2CCN(C(=O)c3ccc(NS(=O)(=O)c4cc(-c5ccc6cccc(S(=O)(=O)Nc7ccc(C(=O)N8CCN(C(=O)O[C@H]9CCOC9)CC8)cc7)c6n5)cc5cccnc45)cc3)CC2)cc1. The summed E-state index contributed by atoms with van der Waals surface area (Å²) in [6.45, 7) is 8.28. The molecule has 3 saturated heterocycles. The molecule has 3 aliphatic rings. The lowest BCUT2D eigenvalue weighted by Gasteiger charge is -2.34. The predicted octanol–water partition coefficient (Wildman–Crippen LogP) is 7.48. The zero-order valence-corrected chi connectivity index (χ0v) is 42.9. The Labute approximate surface area is 435 Å². The number of rotatable bonds is 15. The van der Waals surface area contributed by atoms with Crippen LogP contribution >= 0.6 is 0 Å². The molecule has 0 radical (unpaired) electrons. The largest absolute Gasteiger partial charge is 0.494 e. The van der Waals surface area contributed by atoms with Gasteiger partial charge in [0, 0.05) is 110 Å². The number of sulfonamides is 2. The maximum Gasteiger partial charge on any atom is 0.410 e. The monoisotopic (exact) mass is 1050 g/mol. The number of carbonyl (C=O) groups is 3. The van der Waals surface area contributed by atoms with Gasteiger partial charge in [-0.05, 0) is 103 Å². The Morgan fingerprint density at radius 2 is 1.27 bits per heavy atom. The number of amides is 3. The van der Waals surface area contributed by atoms with Crippen LogP contribution < -0.4 is 14.2 Å². The van der Waals surface area contributed by atoms with Gasteiger partial charge in [0.1, 0.15) is 21.6 Å². The number of carbonyl (C=O) groups excluding carboxylic acids is 3. The van der Waals surface area contributed by atoms with E-state index in [9.17, 15) is 31.2 Å². The van der Waals surface area contributed by atoms with E-state index in [4.69, 9.17) is 19.2 Å². The molecule has 2 aromatic heterocycles. The Balaban J connectivity index is 0.800. The van der Waals surface area contributed by atoms with E-state index in [1.165, 1.54) is 36.0 Å². The Bertz CT molecular complexity index is 3450. The van der Waals surface area contributed by atoms with E-state index in [0.717, 1.165) is 18.7 Å². The van der Waals surface area contributed by atoms with Crippen LogP contribution in [0.15, 0.2) is 143 Å². The molecule has 1 atom stereocenters. The van der Waals surface area contributed by atoms with E-state index in [2.05, 4.69) is 38.4 Å². The lowest BCUT2D eigenvalue weighted by molar-refractivity contribution is 0.0370. The highest BCUT2D eigenvalue weighted by atomic mass is 32.2. The molecule has 5 heterocycles. The van der Waals surface area contributed by atoms with Crippen molar-refractivity contribution >= 4 is 71.1 Å². The summed E-state index contributed by atoms with van der Waals surface area (Å²) in [5.41, 5.74) is 3.50. The first-order valence-electron chi connectivity index (χ1n) is 24.9. The number of pyridine rings is 2. The summed E-state index contributed by atoms with van der Waals surface area (Å²) < 4.78 is 78.6. The van der Waals surface area contributed by atoms with Crippen molar-refractivity contribution < 1.29 is 45.4 Å². The zero-order chi connectivity index (χ0) is 52.1. The zero-order valence-electron chi connectivity index (χ0n) is 41.3. The fourth-order valence-corrected chi connectivity index (χ4v) is 11.8. The van der Waals surface area contributed by atoms with Crippen molar-refractivity contribution in [3.05, 3.63) is 150 Å². The summed E-state index contributed by atoms with van der Waals surface area (Å²) in [5.74, 6) is 0.465. The van der Waals surface area contributed by atoms with Crippen LogP contribution in [0.4, 0.5) is 16.2 Å². The maximum atomic E-state index is 14.3. The molecule has 18 nitrogen and oxygen atoms in total. The number of ether oxygens (including phenoxy) is 3. The van der Waals surface area contributed by atoms with Gasteiger partial charge in [-0.15, -0.1) is 0 Å². The van der Waals surface area contributed by atoms with Gasteiger partial charge in [-0.3, -0.25) is 28.9 Å². The Kier molecular flexibility index (Phi) is 15.0. The third-order valence-corrected chi connectivity index (χ3v) is 16.2. The molecule has 75 heavy (non-hydrogen) atoms. The van der Waals surface area contributed by atoms with E-state index in [0.29, 0.717) is 112 Å². The fraction of sp³-hybridized carbons (Fsp3) is 0.291. The first kappa shape index (κ1) is 50.9. The summed E-state index contributed by atoms with van der Waals surface area (Å²) in [6, 6.07) is 35.4. The Morgan fingerprint density at radius 1 is 0.653 bits per heavy atom. The first-order valence-corrected chi connectivity index (χ1v) is 27.9. The maximum absolute atomic E-state index is 14.3. The molecule has 0 saturated carbocycles. The van der Waals surface area contributed by atoms with Crippen molar-refractivity contribution in [2.75, 3.05) is 81.6 Å². The Hall–Kier alpha value is -7.65. The second kappa shape index (κ2) is 22.1. The third kappa shape index (κ3) is 11.7. The van der Waals surface area contributed by atoms with Gasteiger partial charge in [0.25, 0.3) is 31.9 Å². The van der Waals surface area contributed by atoms with Crippen molar-refractivity contribution in [3.63, 3.8) is 0 Å². The molecule has 0 aliphatic carbocycles. The first-order chi connectivity index (χ1) is 36.3. The van der Waals surface area contributed by atoms with Crippen LogP contribution in [0, 0.1) is 0 Å². The molecule has 3 aliphatic heterocycles. The summed E-state index contributed by atoms with van der Waals surface area (Å²) in [7, 11) is -8.55. The van der Waals surface area contributed by atoms with E-state index >= 15 is 0 Å². The number of aromatic nitrogens is 2. The molecule has 0 bridgehead atoms. The van der Waals surface area contributed by atoms with Crippen molar-refractivity contribution in [1.82, 2.24) is 29.6 Å². The highest BCUT2D eigenvalue weighted by Crippen LogP contribution is 2.33. The normalized spacial score (nSPS) is 16.5. The summed E-state index contributed by atoms with van der Waals surface area (Å²) in [6.07, 6.45) is 2.43. The molecule has 10 rings (SSSR count). The van der Waals surface area contributed by atoms with Crippen LogP contribution in [0.3, 0.4) is 0 Å². The van der Waals surface area contributed by atoms with Gasteiger partial charge in [-0.2, -0.15) is 0 Å². The fourth-order valence-electron chi connectivity index (χ4n) is 9.35.